The van der Waals surface area contributed by atoms with E-state index in [9.17, 15) is 4.39 Å². The van der Waals surface area contributed by atoms with Gasteiger partial charge >= 0.3 is 0 Å². The van der Waals surface area contributed by atoms with Crippen molar-refractivity contribution >= 4 is 29.2 Å². The largest absolute Gasteiger partial charge is 0.435 e. The van der Waals surface area contributed by atoms with E-state index < -0.39 is 5.82 Å². The molecule has 4 nitrogen and oxygen atoms in total. The average Bonchev–Trinajstić information content (AvgIpc) is 2.38. The van der Waals surface area contributed by atoms with Crippen LogP contribution >= 0.6 is 23.2 Å². The van der Waals surface area contributed by atoms with Crippen molar-refractivity contribution in [2.24, 2.45) is 0 Å². The van der Waals surface area contributed by atoms with Gasteiger partial charge in [0.1, 0.15) is 5.75 Å². The van der Waals surface area contributed by atoms with Crippen molar-refractivity contribution in [3.8, 4) is 11.6 Å². The van der Waals surface area contributed by atoms with Gasteiger partial charge in [0.15, 0.2) is 0 Å². The molecule has 0 aliphatic rings. The summed E-state index contributed by atoms with van der Waals surface area (Å²) in [5, 5.41) is 3.60. The molecule has 2 rings (SSSR count). The Hall–Kier alpha value is -1.59. The van der Waals surface area contributed by atoms with Gasteiger partial charge in [0, 0.05) is 17.6 Å². The van der Waals surface area contributed by atoms with Crippen LogP contribution in [0.2, 0.25) is 10.0 Å². The van der Waals surface area contributed by atoms with Gasteiger partial charge in [0.05, 0.1) is 11.2 Å². The van der Waals surface area contributed by atoms with Crippen LogP contribution in [0, 0.1) is 5.82 Å². The Morgan fingerprint density at radius 1 is 1.37 bits per heavy atom. The molecule has 7 heteroatoms. The Bertz CT molecular complexity index is 595. The van der Waals surface area contributed by atoms with E-state index in [1.165, 1.54) is 6.07 Å². The highest BCUT2D eigenvalue weighted by Gasteiger charge is 2.11. The number of benzene rings is 1. The van der Waals surface area contributed by atoms with Gasteiger partial charge in [-0.25, -0.2) is 4.98 Å². The molecule has 0 unspecified atom stereocenters. The first kappa shape index (κ1) is 13.8. The summed E-state index contributed by atoms with van der Waals surface area (Å²) in [7, 11) is 0. The lowest BCUT2D eigenvalue weighted by Crippen LogP contribution is -2.04. The first-order chi connectivity index (χ1) is 9.10. The number of anilines is 1. The van der Waals surface area contributed by atoms with E-state index in [-0.39, 0.29) is 17.6 Å². The molecule has 0 saturated carbocycles. The van der Waals surface area contributed by atoms with Crippen molar-refractivity contribution < 1.29 is 9.13 Å². The van der Waals surface area contributed by atoms with Crippen LogP contribution in [0.4, 0.5) is 10.3 Å². The number of hydrogen-bond donors (Lipinski definition) is 1. The molecule has 19 heavy (non-hydrogen) atoms. The van der Waals surface area contributed by atoms with Crippen LogP contribution in [0.25, 0.3) is 0 Å². The third kappa shape index (κ3) is 3.45. The van der Waals surface area contributed by atoms with Crippen molar-refractivity contribution in [3.05, 3.63) is 40.3 Å². The molecule has 1 heterocycles. The van der Waals surface area contributed by atoms with Crippen LogP contribution < -0.4 is 10.1 Å². The molecule has 0 aliphatic carbocycles. The van der Waals surface area contributed by atoms with Crippen LogP contribution in [0.5, 0.6) is 11.6 Å². The lowest BCUT2D eigenvalue weighted by Gasteiger charge is -2.09. The minimum atomic E-state index is -0.683. The summed E-state index contributed by atoms with van der Waals surface area (Å²) in [5.74, 6) is -0.390. The van der Waals surface area contributed by atoms with Crippen LogP contribution in [0.15, 0.2) is 24.4 Å². The number of nitrogens with zero attached hydrogens (tertiary/aromatic N) is 2. The molecule has 0 aliphatic heterocycles. The summed E-state index contributed by atoms with van der Waals surface area (Å²) in [6.07, 6.45) is 1.03. The summed E-state index contributed by atoms with van der Waals surface area (Å²) in [4.78, 5) is 7.68. The summed E-state index contributed by atoms with van der Waals surface area (Å²) in [5.41, 5.74) is 0. The molecule has 0 fully saturated rings. The molecule has 0 saturated heterocycles. The molecule has 0 bridgehead atoms. The Morgan fingerprint density at radius 2 is 2.16 bits per heavy atom. The van der Waals surface area contributed by atoms with Crippen molar-refractivity contribution in [1.82, 2.24) is 9.97 Å². The second kappa shape index (κ2) is 6.04. The highest BCUT2D eigenvalue weighted by molar-refractivity contribution is 6.34. The monoisotopic (exact) mass is 301 g/mol. The van der Waals surface area contributed by atoms with E-state index in [0.29, 0.717) is 16.6 Å². The molecule has 1 aromatic carbocycles. The van der Waals surface area contributed by atoms with Gasteiger partial charge in [0.2, 0.25) is 11.8 Å². The zero-order valence-corrected chi connectivity index (χ0v) is 11.5. The topological polar surface area (TPSA) is 47.0 Å². The van der Waals surface area contributed by atoms with Crippen LogP contribution in [-0.2, 0) is 0 Å². The maximum atomic E-state index is 13.6. The standard InChI is InChI=1S/C12H10Cl2FN3O/c1-2-16-12-17-6-9(15)11(18-12)19-10-5-7(13)3-4-8(10)14/h3-6H,2H2,1H3,(H,16,17,18). The molecule has 2 aromatic rings. The molecule has 1 aromatic heterocycles. The first-order valence-electron chi connectivity index (χ1n) is 5.49. The van der Waals surface area contributed by atoms with E-state index in [2.05, 4.69) is 15.3 Å². The lowest BCUT2D eigenvalue weighted by molar-refractivity contribution is 0.421. The van der Waals surface area contributed by atoms with Crippen LogP contribution in [0.1, 0.15) is 6.92 Å². The zero-order valence-electron chi connectivity index (χ0n) is 9.95. The zero-order chi connectivity index (χ0) is 13.8. The number of ether oxygens (including phenoxy) is 1. The third-order valence-corrected chi connectivity index (χ3v) is 2.69. The van der Waals surface area contributed by atoms with Gasteiger partial charge in [-0.2, -0.15) is 9.37 Å². The summed E-state index contributed by atoms with van der Waals surface area (Å²) < 4.78 is 18.9. The first-order valence-corrected chi connectivity index (χ1v) is 6.25. The second-order valence-corrected chi connectivity index (χ2v) is 4.40. The van der Waals surface area contributed by atoms with Crippen LogP contribution in [0.3, 0.4) is 0 Å². The lowest BCUT2D eigenvalue weighted by atomic mass is 10.3. The maximum Gasteiger partial charge on any atom is 0.260 e. The fourth-order valence-electron chi connectivity index (χ4n) is 1.33. The highest BCUT2D eigenvalue weighted by atomic mass is 35.5. The Labute approximate surface area is 119 Å². The summed E-state index contributed by atoms with van der Waals surface area (Å²) in [6, 6.07) is 4.65. The Morgan fingerprint density at radius 3 is 2.89 bits per heavy atom. The Balaban J connectivity index is 2.31. The number of hydrogen-bond acceptors (Lipinski definition) is 4. The smallest absolute Gasteiger partial charge is 0.260 e. The molecular weight excluding hydrogens is 292 g/mol. The average molecular weight is 302 g/mol. The van der Waals surface area contributed by atoms with Crippen molar-refractivity contribution in [2.75, 3.05) is 11.9 Å². The second-order valence-electron chi connectivity index (χ2n) is 3.55. The predicted octanol–water partition coefficient (Wildman–Crippen LogP) is 4.15. The molecular formula is C12H10Cl2FN3O. The van der Waals surface area contributed by atoms with E-state index in [1.54, 1.807) is 12.1 Å². The van der Waals surface area contributed by atoms with Gasteiger partial charge in [-0.1, -0.05) is 23.2 Å². The minimum Gasteiger partial charge on any atom is -0.435 e. The number of aromatic nitrogens is 2. The van der Waals surface area contributed by atoms with Gasteiger partial charge in [-0.15, -0.1) is 0 Å². The normalized spacial score (nSPS) is 10.3. The van der Waals surface area contributed by atoms with E-state index in [4.69, 9.17) is 27.9 Å². The summed E-state index contributed by atoms with van der Waals surface area (Å²) in [6.45, 7) is 2.49. The molecule has 0 atom stereocenters. The molecule has 1 N–H and O–H groups in total. The summed E-state index contributed by atoms with van der Waals surface area (Å²) >= 11 is 11.8. The minimum absolute atomic E-state index is 0.213. The van der Waals surface area contributed by atoms with Crippen molar-refractivity contribution in [1.29, 1.82) is 0 Å². The van der Waals surface area contributed by atoms with Gasteiger partial charge < -0.3 is 10.1 Å². The number of rotatable bonds is 4. The van der Waals surface area contributed by atoms with Crippen molar-refractivity contribution in [3.63, 3.8) is 0 Å². The highest BCUT2D eigenvalue weighted by Crippen LogP contribution is 2.32. The molecule has 0 radical (unpaired) electrons. The van der Waals surface area contributed by atoms with Gasteiger partial charge in [-0.05, 0) is 19.1 Å². The number of nitrogens with one attached hydrogen (secondary N) is 1. The molecule has 100 valence electrons. The van der Waals surface area contributed by atoms with E-state index in [0.717, 1.165) is 6.20 Å². The SMILES string of the molecule is CCNc1ncc(F)c(Oc2cc(Cl)ccc2Cl)n1. The fraction of sp³-hybridized carbons (Fsp3) is 0.167. The van der Waals surface area contributed by atoms with Crippen molar-refractivity contribution in [2.45, 2.75) is 6.92 Å². The fourth-order valence-corrected chi connectivity index (χ4v) is 1.64. The predicted molar refractivity (Wildman–Crippen MR) is 72.7 cm³/mol. The van der Waals surface area contributed by atoms with Crippen LogP contribution in [-0.4, -0.2) is 16.5 Å². The Kier molecular flexibility index (Phi) is 4.39. The van der Waals surface area contributed by atoms with Gasteiger partial charge in [0.25, 0.3) is 5.88 Å². The maximum absolute atomic E-state index is 13.6. The van der Waals surface area contributed by atoms with E-state index in [1.807, 2.05) is 6.92 Å². The number of halogens is 3. The van der Waals surface area contributed by atoms with E-state index >= 15 is 0 Å². The van der Waals surface area contributed by atoms with Gasteiger partial charge in [-0.3, -0.25) is 0 Å². The third-order valence-electron chi connectivity index (χ3n) is 2.15. The molecule has 0 spiro atoms. The molecule has 0 amide bonds. The quantitative estimate of drug-likeness (QED) is 0.921.